The van der Waals surface area contributed by atoms with Crippen molar-refractivity contribution in [2.75, 3.05) is 34.0 Å². The molecule has 1 fully saturated rings. The third kappa shape index (κ3) is 4.50. The van der Waals surface area contributed by atoms with Crippen LogP contribution in [0.3, 0.4) is 0 Å². The zero-order valence-electron chi connectivity index (χ0n) is 15.3. The van der Waals surface area contributed by atoms with Crippen LogP contribution in [0.1, 0.15) is 17.2 Å². The van der Waals surface area contributed by atoms with Gasteiger partial charge in [-0.1, -0.05) is 35.3 Å². The Kier molecular flexibility index (Phi) is 6.84. The van der Waals surface area contributed by atoms with E-state index in [0.29, 0.717) is 34.7 Å². The number of aliphatic hydroxyl groups is 1. The number of rotatable bonds is 6. The van der Waals surface area contributed by atoms with E-state index in [1.165, 1.54) is 0 Å². The first kappa shape index (κ1) is 20.2. The molecule has 1 N–H and O–H groups in total. The van der Waals surface area contributed by atoms with Gasteiger partial charge >= 0.3 is 0 Å². The Hall–Kier alpha value is -1.50. The fourth-order valence-corrected chi connectivity index (χ4v) is 3.77. The standard InChI is InChI=1S/C20H23Cl2NO4/c1-25-17-6-4-14(10-18(17)26-2)20-19(12-24)27-8-7-23(20)11-13-3-5-15(21)16(22)9-13/h3-6,9-10,19-20,24H,7-8,11-12H2,1-2H3/t19-,20-/m1/s1. The van der Waals surface area contributed by atoms with Gasteiger partial charge in [-0.25, -0.2) is 0 Å². The van der Waals surface area contributed by atoms with Crippen LogP contribution < -0.4 is 9.47 Å². The number of methoxy groups -OCH3 is 2. The number of aliphatic hydroxyl groups excluding tert-OH is 1. The Morgan fingerprint density at radius 2 is 1.85 bits per heavy atom. The SMILES string of the molecule is COc1ccc([C@@H]2[C@@H](CO)OCCN2Cc2ccc(Cl)c(Cl)c2)cc1OC. The number of hydrogen-bond donors (Lipinski definition) is 1. The van der Waals surface area contributed by atoms with Crippen molar-refractivity contribution in [2.45, 2.75) is 18.7 Å². The molecule has 0 unspecified atom stereocenters. The molecule has 146 valence electrons. The van der Waals surface area contributed by atoms with Gasteiger partial charge in [0.05, 0.1) is 43.5 Å². The van der Waals surface area contributed by atoms with Crippen molar-refractivity contribution >= 4 is 23.2 Å². The largest absolute Gasteiger partial charge is 0.493 e. The van der Waals surface area contributed by atoms with Crippen molar-refractivity contribution in [3.05, 3.63) is 57.6 Å². The first-order valence-corrected chi connectivity index (χ1v) is 9.45. The summed E-state index contributed by atoms with van der Waals surface area (Å²) in [6.45, 7) is 1.87. The number of ether oxygens (including phenoxy) is 3. The second-order valence-electron chi connectivity index (χ2n) is 6.37. The minimum Gasteiger partial charge on any atom is -0.493 e. The van der Waals surface area contributed by atoms with Gasteiger partial charge in [0.25, 0.3) is 0 Å². The molecule has 7 heteroatoms. The quantitative estimate of drug-likeness (QED) is 0.779. The normalized spacial score (nSPS) is 20.5. The van der Waals surface area contributed by atoms with E-state index in [2.05, 4.69) is 4.90 Å². The van der Waals surface area contributed by atoms with E-state index in [9.17, 15) is 5.11 Å². The van der Waals surface area contributed by atoms with Crippen LogP contribution in [0.2, 0.25) is 10.0 Å². The van der Waals surface area contributed by atoms with E-state index < -0.39 is 0 Å². The van der Waals surface area contributed by atoms with Gasteiger partial charge in [0.1, 0.15) is 6.10 Å². The molecule has 0 spiro atoms. The maximum atomic E-state index is 9.87. The minimum atomic E-state index is -0.334. The zero-order valence-corrected chi connectivity index (χ0v) is 16.8. The summed E-state index contributed by atoms with van der Waals surface area (Å²) in [5.41, 5.74) is 2.04. The summed E-state index contributed by atoms with van der Waals surface area (Å²) in [5, 5.41) is 10.9. The fraction of sp³-hybridized carbons (Fsp3) is 0.400. The summed E-state index contributed by atoms with van der Waals surface area (Å²) in [6, 6.07) is 11.3. The monoisotopic (exact) mass is 411 g/mol. The predicted octanol–water partition coefficient (Wildman–Crippen LogP) is 3.95. The van der Waals surface area contributed by atoms with E-state index >= 15 is 0 Å². The lowest BCUT2D eigenvalue weighted by Gasteiger charge is -2.41. The van der Waals surface area contributed by atoms with Gasteiger partial charge in [0.2, 0.25) is 0 Å². The molecule has 3 rings (SSSR count). The van der Waals surface area contributed by atoms with E-state index in [1.807, 2.05) is 30.3 Å². The molecule has 0 bridgehead atoms. The minimum absolute atomic E-state index is 0.0725. The van der Waals surface area contributed by atoms with Crippen molar-refractivity contribution < 1.29 is 19.3 Å². The Bertz CT molecular complexity index is 787. The number of hydrogen-bond acceptors (Lipinski definition) is 5. The van der Waals surface area contributed by atoms with Crippen molar-refractivity contribution in [1.29, 1.82) is 0 Å². The molecule has 5 nitrogen and oxygen atoms in total. The van der Waals surface area contributed by atoms with Gasteiger partial charge in [0.15, 0.2) is 11.5 Å². The number of halogens is 2. The molecule has 1 saturated heterocycles. The van der Waals surface area contributed by atoms with Crippen molar-refractivity contribution in [2.24, 2.45) is 0 Å². The highest BCUT2D eigenvalue weighted by Crippen LogP contribution is 2.36. The molecule has 2 atom stereocenters. The summed E-state index contributed by atoms with van der Waals surface area (Å²) in [7, 11) is 3.21. The van der Waals surface area contributed by atoms with Crippen molar-refractivity contribution in [3.8, 4) is 11.5 Å². The van der Waals surface area contributed by atoms with E-state index in [0.717, 1.165) is 17.7 Å². The number of benzene rings is 2. The molecule has 2 aromatic carbocycles. The number of nitrogens with zero attached hydrogens (tertiary/aromatic N) is 1. The highest BCUT2D eigenvalue weighted by Gasteiger charge is 2.33. The second-order valence-corrected chi connectivity index (χ2v) is 7.18. The van der Waals surface area contributed by atoms with Gasteiger partial charge in [0, 0.05) is 13.1 Å². The van der Waals surface area contributed by atoms with Crippen LogP contribution in [0.25, 0.3) is 0 Å². The first-order chi connectivity index (χ1) is 13.1. The summed E-state index contributed by atoms with van der Waals surface area (Å²) in [6.07, 6.45) is -0.334. The lowest BCUT2D eigenvalue weighted by Crippen LogP contribution is -2.46. The molecule has 0 aromatic heterocycles. The molecule has 1 aliphatic heterocycles. The molecule has 1 heterocycles. The van der Waals surface area contributed by atoms with E-state index in [1.54, 1.807) is 20.3 Å². The van der Waals surface area contributed by atoms with Gasteiger partial charge in [-0.2, -0.15) is 0 Å². The predicted molar refractivity (Wildman–Crippen MR) is 106 cm³/mol. The van der Waals surface area contributed by atoms with Crippen LogP contribution in [0.15, 0.2) is 36.4 Å². The molecule has 0 saturated carbocycles. The van der Waals surface area contributed by atoms with E-state index in [-0.39, 0.29) is 18.8 Å². The Morgan fingerprint density at radius 1 is 1.07 bits per heavy atom. The smallest absolute Gasteiger partial charge is 0.161 e. The van der Waals surface area contributed by atoms with Gasteiger partial charge in [-0.3, -0.25) is 4.90 Å². The lowest BCUT2D eigenvalue weighted by molar-refractivity contribution is -0.0960. The van der Waals surface area contributed by atoms with Gasteiger partial charge in [-0.15, -0.1) is 0 Å². The van der Waals surface area contributed by atoms with Crippen LogP contribution >= 0.6 is 23.2 Å². The first-order valence-electron chi connectivity index (χ1n) is 8.69. The van der Waals surface area contributed by atoms with Crippen LogP contribution in [-0.2, 0) is 11.3 Å². The molecule has 27 heavy (non-hydrogen) atoms. The van der Waals surface area contributed by atoms with Gasteiger partial charge < -0.3 is 19.3 Å². The maximum Gasteiger partial charge on any atom is 0.161 e. The summed E-state index contributed by atoms with van der Waals surface area (Å²) in [4.78, 5) is 2.27. The summed E-state index contributed by atoms with van der Waals surface area (Å²) >= 11 is 12.2. The maximum absolute atomic E-state index is 9.87. The molecule has 0 amide bonds. The molecule has 0 aliphatic carbocycles. The summed E-state index contributed by atoms with van der Waals surface area (Å²) in [5.74, 6) is 1.31. The van der Waals surface area contributed by atoms with Crippen LogP contribution in [0, 0.1) is 0 Å². The second kappa shape index (κ2) is 9.13. The topological polar surface area (TPSA) is 51.2 Å². The number of morpholine rings is 1. The molecular weight excluding hydrogens is 389 g/mol. The average molecular weight is 412 g/mol. The highest BCUT2D eigenvalue weighted by molar-refractivity contribution is 6.42. The third-order valence-corrected chi connectivity index (χ3v) is 5.49. The average Bonchev–Trinajstić information content (AvgIpc) is 2.70. The molecular formula is C20H23Cl2NO4. The van der Waals surface area contributed by atoms with Crippen LogP contribution in [-0.4, -0.2) is 50.1 Å². The van der Waals surface area contributed by atoms with Crippen LogP contribution in [0.4, 0.5) is 0 Å². The summed E-state index contributed by atoms with van der Waals surface area (Å²) < 4.78 is 16.6. The molecule has 1 aliphatic rings. The Labute approximate surface area is 169 Å². The zero-order chi connectivity index (χ0) is 19.4. The van der Waals surface area contributed by atoms with Crippen LogP contribution in [0.5, 0.6) is 11.5 Å². The molecule has 2 aromatic rings. The van der Waals surface area contributed by atoms with E-state index in [4.69, 9.17) is 37.4 Å². The third-order valence-electron chi connectivity index (χ3n) is 4.75. The highest BCUT2D eigenvalue weighted by atomic mass is 35.5. The fourth-order valence-electron chi connectivity index (χ4n) is 3.45. The van der Waals surface area contributed by atoms with Crippen molar-refractivity contribution in [3.63, 3.8) is 0 Å². The Balaban J connectivity index is 1.93. The Morgan fingerprint density at radius 3 is 2.52 bits per heavy atom. The molecule has 0 radical (unpaired) electrons. The lowest BCUT2D eigenvalue weighted by atomic mass is 9.97. The van der Waals surface area contributed by atoms with Gasteiger partial charge in [-0.05, 0) is 35.4 Å². The van der Waals surface area contributed by atoms with Crippen molar-refractivity contribution in [1.82, 2.24) is 4.90 Å².